The molecule has 1 heterocycles. The van der Waals surface area contributed by atoms with Crippen molar-refractivity contribution in [3.63, 3.8) is 0 Å². The Hall–Kier alpha value is -1.37. The van der Waals surface area contributed by atoms with Gasteiger partial charge < -0.3 is 5.32 Å². The minimum atomic E-state index is -0.416. The maximum absolute atomic E-state index is 11.1. The van der Waals surface area contributed by atoms with E-state index in [-0.39, 0.29) is 5.69 Å². The monoisotopic (exact) mass is 270 g/mol. The molecule has 0 radical (unpaired) electrons. The van der Waals surface area contributed by atoms with E-state index in [0.717, 1.165) is 12.2 Å². The molecule has 0 atom stereocenters. The Kier molecular flexibility index (Phi) is 5.84. The summed E-state index contributed by atoms with van der Waals surface area (Å²) < 4.78 is 0. The molecule has 0 fully saturated rings. The molecule has 100 valence electrons. The maximum Gasteiger partial charge on any atom is 0.343 e. The molecule has 1 aromatic rings. The van der Waals surface area contributed by atoms with Crippen LogP contribution in [0.2, 0.25) is 0 Å². The predicted octanol–water partition coefficient (Wildman–Crippen LogP) is 2.95. The lowest BCUT2D eigenvalue weighted by molar-refractivity contribution is -0.387. The lowest BCUT2D eigenvalue weighted by Gasteiger charge is -2.08. The van der Waals surface area contributed by atoms with Crippen LogP contribution in [0.4, 0.5) is 11.5 Å². The molecule has 0 aliphatic rings. The summed E-state index contributed by atoms with van der Waals surface area (Å²) in [7, 11) is 0. The number of thioether (sulfide) groups is 1. The highest BCUT2D eigenvalue weighted by Crippen LogP contribution is 2.32. The Balaban J connectivity index is 2.97. The minimum Gasteiger partial charge on any atom is -0.364 e. The van der Waals surface area contributed by atoms with Gasteiger partial charge in [-0.3, -0.25) is 10.1 Å². The van der Waals surface area contributed by atoms with Gasteiger partial charge in [0.2, 0.25) is 5.82 Å². The molecule has 0 aromatic carbocycles. The van der Waals surface area contributed by atoms with Crippen molar-refractivity contribution in [1.29, 1.82) is 0 Å². The molecule has 0 aliphatic heterocycles. The number of rotatable bonds is 7. The van der Waals surface area contributed by atoms with E-state index in [4.69, 9.17) is 0 Å². The Morgan fingerprint density at radius 2 is 2.22 bits per heavy atom. The SMILES string of the molecule is CCCNc1ncnc(SCC(C)C)c1[N+](=O)[O-]. The molecule has 18 heavy (non-hydrogen) atoms. The highest BCUT2D eigenvalue weighted by atomic mass is 32.2. The first kappa shape index (κ1) is 14.7. The number of hydrogen-bond acceptors (Lipinski definition) is 6. The van der Waals surface area contributed by atoms with Crippen LogP contribution in [0.25, 0.3) is 0 Å². The van der Waals surface area contributed by atoms with Crippen LogP contribution >= 0.6 is 11.8 Å². The van der Waals surface area contributed by atoms with E-state index < -0.39 is 4.92 Å². The summed E-state index contributed by atoms with van der Waals surface area (Å²) in [6.07, 6.45) is 2.25. The van der Waals surface area contributed by atoms with Gasteiger partial charge in [0.15, 0.2) is 5.03 Å². The van der Waals surface area contributed by atoms with Crippen molar-refractivity contribution < 1.29 is 4.92 Å². The van der Waals surface area contributed by atoms with Gasteiger partial charge in [-0.2, -0.15) is 0 Å². The van der Waals surface area contributed by atoms with Gasteiger partial charge in [0.1, 0.15) is 6.33 Å². The van der Waals surface area contributed by atoms with Crippen molar-refractivity contribution in [3.05, 3.63) is 16.4 Å². The van der Waals surface area contributed by atoms with Crippen molar-refractivity contribution in [2.24, 2.45) is 5.92 Å². The van der Waals surface area contributed by atoms with Crippen LogP contribution in [0.15, 0.2) is 11.4 Å². The van der Waals surface area contributed by atoms with Crippen molar-refractivity contribution >= 4 is 23.3 Å². The standard InChI is InChI=1S/C11H18N4O2S/c1-4-5-12-10-9(15(16)17)11(14-7-13-10)18-6-8(2)3/h7-8H,4-6H2,1-3H3,(H,12,13,14). The third-order valence-corrected chi connectivity index (χ3v) is 3.47. The summed E-state index contributed by atoms with van der Waals surface area (Å²) in [5, 5.41) is 14.5. The second-order valence-corrected chi connectivity index (χ2v) is 5.27. The molecule has 0 bridgehead atoms. The van der Waals surface area contributed by atoms with Gasteiger partial charge >= 0.3 is 5.69 Å². The molecule has 0 spiro atoms. The first-order valence-electron chi connectivity index (χ1n) is 5.92. The topological polar surface area (TPSA) is 81.0 Å². The summed E-state index contributed by atoms with van der Waals surface area (Å²) in [4.78, 5) is 18.7. The quantitative estimate of drug-likeness (QED) is 0.355. The van der Waals surface area contributed by atoms with Crippen molar-refractivity contribution in [3.8, 4) is 0 Å². The van der Waals surface area contributed by atoms with Crippen LogP contribution < -0.4 is 5.32 Å². The zero-order chi connectivity index (χ0) is 13.5. The molecular weight excluding hydrogens is 252 g/mol. The van der Waals surface area contributed by atoms with E-state index in [0.29, 0.717) is 23.3 Å². The van der Waals surface area contributed by atoms with E-state index >= 15 is 0 Å². The summed E-state index contributed by atoms with van der Waals surface area (Å²) in [5.41, 5.74) is -0.0170. The first-order valence-corrected chi connectivity index (χ1v) is 6.90. The maximum atomic E-state index is 11.1. The Morgan fingerprint density at radius 3 is 2.78 bits per heavy atom. The molecule has 0 unspecified atom stereocenters. The van der Waals surface area contributed by atoms with Crippen LogP contribution in [0, 0.1) is 16.0 Å². The molecule has 7 heteroatoms. The van der Waals surface area contributed by atoms with Gasteiger partial charge in [-0.15, -0.1) is 0 Å². The number of aromatic nitrogens is 2. The summed E-state index contributed by atoms with van der Waals surface area (Å²) in [6, 6.07) is 0. The minimum absolute atomic E-state index is 0.0170. The molecular formula is C11H18N4O2S. The van der Waals surface area contributed by atoms with Gasteiger partial charge in [-0.1, -0.05) is 32.5 Å². The van der Waals surface area contributed by atoms with Gasteiger partial charge in [0.05, 0.1) is 4.92 Å². The summed E-state index contributed by atoms with van der Waals surface area (Å²) >= 11 is 1.40. The van der Waals surface area contributed by atoms with Crippen LogP contribution in [0.3, 0.4) is 0 Å². The molecule has 1 rings (SSSR count). The Bertz CT molecular complexity index is 412. The fourth-order valence-corrected chi connectivity index (χ4v) is 2.17. The molecule has 0 amide bonds. The first-order chi connectivity index (χ1) is 8.56. The van der Waals surface area contributed by atoms with E-state index in [1.54, 1.807) is 0 Å². The third kappa shape index (κ3) is 4.14. The molecule has 0 saturated heterocycles. The zero-order valence-corrected chi connectivity index (χ0v) is 11.7. The van der Waals surface area contributed by atoms with Crippen LogP contribution in [-0.4, -0.2) is 27.2 Å². The van der Waals surface area contributed by atoms with Crippen molar-refractivity contribution in [2.45, 2.75) is 32.2 Å². The summed E-state index contributed by atoms with van der Waals surface area (Å²) in [6.45, 7) is 6.78. The van der Waals surface area contributed by atoms with Crippen LogP contribution in [-0.2, 0) is 0 Å². The Morgan fingerprint density at radius 1 is 1.50 bits per heavy atom. The average molecular weight is 270 g/mol. The number of anilines is 1. The lowest BCUT2D eigenvalue weighted by Crippen LogP contribution is -2.07. The second kappa shape index (κ2) is 7.15. The van der Waals surface area contributed by atoms with E-state index in [2.05, 4.69) is 29.1 Å². The number of nitrogens with one attached hydrogen (secondary N) is 1. The Labute approximate surface area is 111 Å². The zero-order valence-electron chi connectivity index (χ0n) is 10.8. The van der Waals surface area contributed by atoms with Crippen molar-refractivity contribution in [1.82, 2.24) is 9.97 Å². The highest BCUT2D eigenvalue weighted by molar-refractivity contribution is 7.99. The number of hydrogen-bond donors (Lipinski definition) is 1. The molecule has 0 saturated carbocycles. The van der Waals surface area contributed by atoms with Gasteiger partial charge in [-0.25, -0.2) is 9.97 Å². The van der Waals surface area contributed by atoms with Gasteiger partial charge in [0, 0.05) is 12.3 Å². The molecule has 6 nitrogen and oxygen atoms in total. The fourth-order valence-electron chi connectivity index (χ4n) is 1.25. The highest BCUT2D eigenvalue weighted by Gasteiger charge is 2.22. The van der Waals surface area contributed by atoms with E-state index in [1.165, 1.54) is 18.1 Å². The lowest BCUT2D eigenvalue weighted by atomic mass is 10.3. The van der Waals surface area contributed by atoms with Crippen LogP contribution in [0.1, 0.15) is 27.2 Å². The van der Waals surface area contributed by atoms with Crippen LogP contribution in [0.5, 0.6) is 0 Å². The van der Waals surface area contributed by atoms with Gasteiger partial charge in [-0.05, 0) is 12.3 Å². The number of nitrogens with zero attached hydrogens (tertiary/aromatic N) is 3. The largest absolute Gasteiger partial charge is 0.364 e. The van der Waals surface area contributed by atoms with E-state index in [9.17, 15) is 10.1 Å². The molecule has 1 aromatic heterocycles. The normalized spacial score (nSPS) is 10.7. The van der Waals surface area contributed by atoms with E-state index in [1.807, 2.05) is 6.92 Å². The second-order valence-electron chi connectivity index (χ2n) is 4.26. The number of nitro groups is 1. The van der Waals surface area contributed by atoms with Crippen molar-refractivity contribution in [2.75, 3.05) is 17.6 Å². The molecule has 0 aliphatic carbocycles. The molecule has 1 N–H and O–H groups in total. The third-order valence-electron chi connectivity index (χ3n) is 2.07. The smallest absolute Gasteiger partial charge is 0.343 e. The summed E-state index contributed by atoms with van der Waals surface area (Å²) in [5.74, 6) is 1.56. The predicted molar refractivity (Wildman–Crippen MR) is 73.0 cm³/mol. The fraction of sp³-hybridized carbons (Fsp3) is 0.636. The van der Waals surface area contributed by atoms with Gasteiger partial charge in [0.25, 0.3) is 0 Å². The average Bonchev–Trinajstić information content (AvgIpc) is 2.33.